The number of nitrogens with zero attached hydrogens (tertiary/aromatic N) is 1. The van der Waals surface area contributed by atoms with Crippen molar-refractivity contribution >= 4 is 33.1 Å². The highest BCUT2D eigenvalue weighted by molar-refractivity contribution is 7.13. The molecular formula is C22H13NS. The number of fused-ring (bicyclic) bond motifs is 8. The van der Waals surface area contributed by atoms with Crippen LogP contribution in [0, 0.1) is 0 Å². The third-order valence-electron chi connectivity index (χ3n) is 5.05. The highest BCUT2D eigenvalue weighted by atomic mass is 32.1. The van der Waals surface area contributed by atoms with Crippen LogP contribution >= 0.6 is 11.3 Å². The fraction of sp³-hybridized carbons (Fsp3) is 0. The molecule has 1 aliphatic heterocycles. The first-order valence-electron chi connectivity index (χ1n) is 8.13. The van der Waals surface area contributed by atoms with Gasteiger partial charge in [0.15, 0.2) is 0 Å². The maximum Gasteiger partial charge on any atom is 0.108 e. The molecule has 0 radical (unpaired) electrons. The third-order valence-corrected chi connectivity index (χ3v) is 5.95. The van der Waals surface area contributed by atoms with Crippen molar-refractivity contribution < 1.29 is 0 Å². The highest BCUT2D eigenvalue weighted by Gasteiger charge is 2.24. The van der Waals surface area contributed by atoms with E-state index in [0.717, 1.165) is 0 Å². The number of benzene rings is 3. The minimum Gasteiger partial charge on any atom is -0.300 e. The minimum absolute atomic E-state index is 1.29. The summed E-state index contributed by atoms with van der Waals surface area (Å²) in [5.41, 5.74) is 7.92. The predicted octanol–water partition coefficient (Wildman–Crippen LogP) is 6.49. The molecule has 6 rings (SSSR count). The van der Waals surface area contributed by atoms with E-state index in [1.165, 1.54) is 49.1 Å². The van der Waals surface area contributed by atoms with E-state index in [4.69, 9.17) is 0 Å². The molecule has 1 aliphatic rings. The molecule has 112 valence electrons. The molecule has 3 heterocycles. The largest absolute Gasteiger partial charge is 0.300 e. The van der Waals surface area contributed by atoms with E-state index in [0.29, 0.717) is 0 Å². The first kappa shape index (κ1) is 12.6. The summed E-state index contributed by atoms with van der Waals surface area (Å²) in [5, 5.41) is 6.18. The van der Waals surface area contributed by atoms with Gasteiger partial charge in [-0.2, -0.15) is 0 Å². The van der Waals surface area contributed by atoms with Crippen molar-refractivity contribution in [2.24, 2.45) is 0 Å². The van der Waals surface area contributed by atoms with Crippen molar-refractivity contribution in [2.75, 3.05) is 0 Å². The van der Waals surface area contributed by atoms with Crippen LogP contribution in [-0.2, 0) is 0 Å². The van der Waals surface area contributed by atoms with E-state index in [-0.39, 0.29) is 0 Å². The number of rotatable bonds is 0. The molecule has 0 bridgehead atoms. The van der Waals surface area contributed by atoms with E-state index in [1.807, 2.05) is 11.3 Å². The Balaban J connectivity index is 1.99. The molecule has 0 fully saturated rings. The minimum atomic E-state index is 1.29. The van der Waals surface area contributed by atoms with Gasteiger partial charge in [0.25, 0.3) is 0 Å². The van der Waals surface area contributed by atoms with E-state index in [1.54, 1.807) is 0 Å². The average molecular weight is 323 g/mol. The maximum absolute atomic E-state index is 2.46. The van der Waals surface area contributed by atoms with Crippen LogP contribution in [0.5, 0.6) is 0 Å². The van der Waals surface area contributed by atoms with Crippen molar-refractivity contribution in [2.45, 2.75) is 0 Å². The van der Waals surface area contributed by atoms with E-state index in [9.17, 15) is 0 Å². The molecule has 2 aromatic heterocycles. The van der Waals surface area contributed by atoms with Crippen LogP contribution in [0.3, 0.4) is 0 Å². The topological polar surface area (TPSA) is 4.93 Å². The van der Waals surface area contributed by atoms with E-state index in [2.05, 4.69) is 82.7 Å². The van der Waals surface area contributed by atoms with Gasteiger partial charge in [-0.3, -0.25) is 4.57 Å². The van der Waals surface area contributed by atoms with Crippen molar-refractivity contribution in [3.05, 3.63) is 78.2 Å². The standard InChI is InChI=1S/C22H13NS/c1-2-7-15-14(6-1)17-9-5-10-18-16-8-3-4-11-20(16)23(21(17)18)22-19(15)12-13-24-22/h1-13H. The molecule has 0 atom stereocenters. The van der Waals surface area contributed by atoms with Crippen molar-refractivity contribution in [1.29, 1.82) is 0 Å². The van der Waals surface area contributed by atoms with Crippen LogP contribution in [-0.4, -0.2) is 4.57 Å². The van der Waals surface area contributed by atoms with Crippen LogP contribution in [0.2, 0.25) is 0 Å². The Morgan fingerprint density at radius 2 is 1.29 bits per heavy atom. The maximum atomic E-state index is 2.46. The lowest BCUT2D eigenvalue weighted by molar-refractivity contribution is 1.23. The van der Waals surface area contributed by atoms with Crippen LogP contribution in [0.15, 0.2) is 78.2 Å². The SMILES string of the molecule is c1ccc2c(c1)-c1ccsc1-n1c3ccccc3c3cccc-2c31. The Morgan fingerprint density at radius 1 is 0.583 bits per heavy atom. The molecule has 0 aliphatic carbocycles. The molecule has 2 heteroatoms. The second-order valence-corrected chi connectivity index (χ2v) is 7.13. The summed E-state index contributed by atoms with van der Waals surface area (Å²) >= 11 is 1.82. The van der Waals surface area contributed by atoms with Crippen LogP contribution < -0.4 is 0 Å². The summed E-state index contributed by atoms with van der Waals surface area (Å²) in [7, 11) is 0. The van der Waals surface area contributed by atoms with Crippen LogP contribution in [0.1, 0.15) is 0 Å². The number of hydrogen-bond acceptors (Lipinski definition) is 1. The highest BCUT2D eigenvalue weighted by Crippen LogP contribution is 2.47. The molecule has 0 unspecified atom stereocenters. The van der Waals surface area contributed by atoms with Gasteiger partial charge < -0.3 is 0 Å². The molecule has 0 saturated carbocycles. The Morgan fingerprint density at radius 3 is 2.21 bits per heavy atom. The monoisotopic (exact) mass is 323 g/mol. The van der Waals surface area contributed by atoms with Gasteiger partial charge in [0.1, 0.15) is 5.00 Å². The summed E-state index contributed by atoms with van der Waals surface area (Å²) in [6.07, 6.45) is 0. The van der Waals surface area contributed by atoms with Gasteiger partial charge in [-0.25, -0.2) is 0 Å². The molecule has 0 N–H and O–H groups in total. The molecule has 0 spiro atoms. The second kappa shape index (κ2) is 4.37. The molecule has 3 aromatic carbocycles. The Labute approximate surface area is 143 Å². The predicted molar refractivity (Wildman–Crippen MR) is 103 cm³/mol. The van der Waals surface area contributed by atoms with Gasteiger partial charge in [-0.05, 0) is 28.6 Å². The van der Waals surface area contributed by atoms with Gasteiger partial charge in [-0.15, -0.1) is 11.3 Å². The zero-order valence-electron chi connectivity index (χ0n) is 12.9. The Bertz CT molecular complexity index is 1260. The van der Waals surface area contributed by atoms with Gasteiger partial charge >= 0.3 is 0 Å². The third kappa shape index (κ3) is 1.40. The molecule has 0 saturated heterocycles. The molecule has 24 heavy (non-hydrogen) atoms. The zero-order chi connectivity index (χ0) is 15.7. The summed E-state index contributed by atoms with van der Waals surface area (Å²) in [4.78, 5) is 0. The second-order valence-electron chi connectivity index (χ2n) is 6.24. The molecule has 0 amide bonds. The average Bonchev–Trinajstić information content (AvgIpc) is 3.21. The fourth-order valence-electron chi connectivity index (χ4n) is 4.08. The number of hydrogen-bond donors (Lipinski definition) is 0. The smallest absolute Gasteiger partial charge is 0.108 e. The summed E-state index contributed by atoms with van der Waals surface area (Å²) < 4.78 is 2.46. The lowest BCUT2D eigenvalue weighted by atomic mass is 9.95. The number of thiophene rings is 1. The van der Waals surface area contributed by atoms with Crippen molar-refractivity contribution in [3.8, 4) is 27.3 Å². The summed E-state index contributed by atoms with van der Waals surface area (Å²) in [5.74, 6) is 0. The van der Waals surface area contributed by atoms with Crippen molar-refractivity contribution in [3.63, 3.8) is 0 Å². The molecular weight excluding hydrogens is 310 g/mol. The Kier molecular flexibility index (Phi) is 2.29. The van der Waals surface area contributed by atoms with Gasteiger partial charge in [0.05, 0.1) is 11.0 Å². The quantitative estimate of drug-likeness (QED) is 0.301. The van der Waals surface area contributed by atoms with Crippen molar-refractivity contribution in [1.82, 2.24) is 4.57 Å². The van der Waals surface area contributed by atoms with Crippen LogP contribution in [0.25, 0.3) is 49.1 Å². The normalized spacial score (nSPS) is 12.2. The molecule has 5 aromatic rings. The van der Waals surface area contributed by atoms with Gasteiger partial charge in [0, 0.05) is 21.9 Å². The Hall–Kier alpha value is -2.84. The van der Waals surface area contributed by atoms with Gasteiger partial charge in [-0.1, -0.05) is 60.7 Å². The first-order chi connectivity index (χ1) is 11.9. The number of para-hydroxylation sites is 2. The summed E-state index contributed by atoms with van der Waals surface area (Å²) in [6, 6.07) is 26.5. The zero-order valence-corrected chi connectivity index (χ0v) is 13.7. The van der Waals surface area contributed by atoms with E-state index < -0.39 is 0 Å². The van der Waals surface area contributed by atoms with Gasteiger partial charge in [0.2, 0.25) is 0 Å². The summed E-state index contributed by atoms with van der Waals surface area (Å²) in [6.45, 7) is 0. The first-order valence-corrected chi connectivity index (χ1v) is 9.01. The lowest BCUT2D eigenvalue weighted by Gasteiger charge is -2.07. The van der Waals surface area contributed by atoms with Crippen LogP contribution in [0.4, 0.5) is 0 Å². The number of aromatic nitrogens is 1. The molecule has 1 nitrogen and oxygen atoms in total. The lowest BCUT2D eigenvalue weighted by Crippen LogP contribution is -1.91. The van der Waals surface area contributed by atoms with E-state index >= 15 is 0 Å². The fourth-order valence-corrected chi connectivity index (χ4v) is 5.01.